The predicted molar refractivity (Wildman–Crippen MR) is 78.4 cm³/mol. The molecular weight excluding hydrogens is 288 g/mol. The number of nitrogens with zero attached hydrogens (tertiary/aromatic N) is 1. The quantitative estimate of drug-likeness (QED) is 0.877. The Morgan fingerprint density at radius 1 is 1.47 bits per heavy atom. The number of benzene rings is 1. The highest BCUT2D eigenvalue weighted by Crippen LogP contribution is 2.24. The van der Waals surface area contributed by atoms with Crippen molar-refractivity contribution in [1.82, 2.24) is 4.90 Å². The number of carbonyl (C=O) groups excluding carboxylic acids is 1. The van der Waals surface area contributed by atoms with Gasteiger partial charge < -0.3 is 15.3 Å². The number of nitrogens with one attached hydrogen (secondary N) is 1. The van der Waals surface area contributed by atoms with Gasteiger partial charge in [-0.05, 0) is 18.4 Å². The molecule has 1 aromatic rings. The standard InChI is InChI=1S/C12H15ClN2O3S/c1-15(6-7-19-2)12(18)14-9-5-3-4-8(13)10(9)11(16)17/h3-5H,6-7H2,1-2H3,(H,14,18)(H,16,17). The van der Waals surface area contributed by atoms with Crippen molar-refractivity contribution in [3.63, 3.8) is 0 Å². The SMILES string of the molecule is CSCCN(C)C(=O)Nc1cccc(Cl)c1C(=O)O. The number of aromatic carboxylic acids is 1. The molecule has 0 atom stereocenters. The van der Waals surface area contributed by atoms with Crippen LogP contribution in [0.2, 0.25) is 5.02 Å². The largest absolute Gasteiger partial charge is 0.478 e. The molecule has 104 valence electrons. The molecule has 0 aliphatic rings. The van der Waals surface area contributed by atoms with E-state index in [4.69, 9.17) is 16.7 Å². The first-order chi connectivity index (χ1) is 8.97. The average Bonchev–Trinajstić information content (AvgIpc) is 2.35. The van der Waals surface area contributed by atoms with Crippen LogP contribution in [0.5, 0.6) is 0 Å². The van der Waals surface area contributed by atoms with Gasteiger partial charge in [0.2, 0.25) is 0 Å². The van der Waals surface area contributed by atoms with Crippen LogP contribution in [0.1, 0.15) is 10.4 Å². The van der Waals surface area contributed by atoms with Gasteiger partial charge in [-0.25, -0.2) is 9.59 Å². The number of halogens is 1. The first-order valence-electron chi connectivity index (χ1n) is 5.50. The number of rotatable bonds is 5. The van der Waals surface area contributed by atoms with E-state index in [1.54, 1.807) is 24.9 Å². The monoisotopic (exact) mass is 302 g/mol. The van der Waals surface area contributed by atoms with Crippen LogP contribution in [0.4, 0.5) is 10.5 Å². The lowest BCUT2D eigenvalue weighted by Gasteiger charge is -2.18. The van der Waals surface area contributed by atoms with E-state index in [9.17, 15) is 9.59 Å². The molecule has 0 aliphatic carbocycles. The van der Waals surface area contributed by atoms with Gasteiger partial charge in [-0.3, -0.25) is 0 Å². The summed E-state index contributed by atoms with van der Waals surface area (Å²) in [6.45, 7) is 0.579. The highest BCUT2D eigenvalue weighted by Gasteiger charge is 2.17. The van der Waals surface area contributed by atoms with Gasteiger partial charge in [0.25, 0.3) is 0 Å². The molecule has 0 fully saturated rings. The molecule has 0 saturated carbocycles. The third-order valence-corrected chi connectivity index (χ3v) is 3.35. The number of urea groups is 1. The highest BCUT2D eigenvalue weighted by atomic mass is 35.5. The zero-order chi connectivity index (χ0) is 14.4. The summed E-state index contributed by atoms with van der Waals surface area (Å²) in [4.78, 5) is 24.5. The summed E-state index contributed by atoms with van der Waals surface area (Å²) in [5, 5.41) is 11.7. The molecule has 0 radical (unpaired) electrons. The van der Waals surface area contributed by atoms with Crippen LogP contribution in [-0.2, 0) is 0 Å². The summed E-state index contributed by atoms with van der Waals surface area (Å²) in [6, 6.07) is 4.21. The van der Waals surface area contributed by atoms with E-state index in [0.29, 0.717) is 6.54 Å². The van der Waals surface area contributed by atoms with Gasteiger partial charge in [-0.2, -0.15) is 11.8 Å². The van der Waals surface area contributed by atoms with Gasteiger partial charge in [0.15, 0.2) is 0 Å². The molecule has 0 heterocycles. The summed E-state index contributed by atoms with van der Waals surface area (Å²) in [6.07, 6.45) is 1.95. The second-order valence-electron chi connectivity index (χ2n) is 3.81. The van der Waals surface area contributed by atoms with Gasteiger partial charge in [0.1, 0.15) is 5.56 Å². The molecule has 0 spiro atoms. The minimum Gasteiger partial charge on any atom is -0.478 e. The fourth-order valence-electron chi connectivity index (χ4n) is 1.39. The van der Waals surface area contributed by atoms with Crippen LogP contribution in [0.3, 0.4) is 0 Å². The van der Waals surface area contributed by atoms with Crippen LogP contribution in [-0.4, -0.2) is 47.6 Å². The summed E-state index contributed by atoms with van der Waals surface area (Å²) in [5.41, 5.74) is 0.0942. The Bertz CT molecular complexity index is 482. The van der Waals surface area contributed by atoms with E-state index in [0.717, 1.165) is 5.75 Å². The van der Waals surface area contributed by atoms with Gasteiger partial charge in [-0.15, -0.1) is 0 Å². The summed E-state index contributed by atoms with van der Waals surface area (Å²) >= 11 is 7.45. The Kier molecular flexibility index (Phi) is 5.98. The normalized spacial score (nSPS) is 10.1. The molecule has 0 saturated heterocycles. The fourth-order valence-corrected chi connectivity index (χ4v) is 2.10. The zero-order valence-corrected chi connectivity index (χ0v) is 12.2. The maximum atomic E-state index is 11.9. The van der Waals surface area contributed by atoms with Crippen molar-refractivity contribution in [3.8, 4) is 0 Å². The lowest BCUT2D eigenvalue weighted by Crippen LogP contribution is -2.33. The average molecular weight is 303 g/mol. The van der Waals surface area contributed by atoms with E-state index in [2.05, 4.69) is 5.32 Å². The number of carboxylic acid groups (broad SMARTS) is 1. The molecule has 1 aromatic carbocycles. The lowest BCUT2D eigenvalue weighted by atomic mass is 10.2. The van der Waals surface area contributed by atoms with Crippen molar-refractivity contribution in [2.45, 2.75) is 0 Å². The molecule has 0 aromatic heterocycles. The molecule has 2 N–H and O–H groups in total. The summed E-state index contributed by atoms with van der Waals surface area (Å²) in [7, 11) is 1.65. The lowest BCUT2D eigenvalue weighted by molar-refractivity contribution is 0.0698. The Morgan fingerprint density at radius 2 is 2.16 bits per heavy atom. The third kappa shape index (κ3) is 4.33. The molecule has 0 unspecified atom stereocenters. The van der Waals surface area contributed by atoms with Crippen molar-refractivity contribution in [3.05, 3.63) is 28.8 Å². The van der Waals surface area contributed by atoms with Crippen LogP contribution >= 0.6 is 23.4 Å². The van der Waals surface area contributed by atoms with Crippen molar-refractivity contribution < 1.29 is 14.7 Å². The number of carbonyl (C=O) groups is 2. The summed E-state index contributed by atoms with van der Waals surface area (Å²) < 4.78 is 0. The van der Waals surface area contributed by atoms with Gasteiger partial charge in [0, 0.05) is 19.3 Å². The number of carboxylic acids is 1. The van der Waals surface area contributed by atoms with E-state index in [1.807, 2.05) is 6.26 Å². The van der Waals surface area contributed by atoms with E-state index in [-0.39, 0.29) is 22.3 Å². The molecule has 0 aliphatic heterocycles. The van der Waals surface area contributed by atoms with Crippen LogP contribution in [0.15, 0.2) is 18.2 Å². The Morgan fingerprint density at radius 3 is 2.74 bits per heavy atom. The fraction of sp³-hybridized carbons (Fsp3) is 0.333. The third-order valence-electron chi connectivity index (χ3n) is 2.45. The van der Waals surface area contributed by atoms with E-state index < -0.39 is 5.97 Å². The second-order valence-corrected chi connectivity index (χ2v) is 5.20. The summed E-state index contributed by atoms with van der Waals surface area (Å²) in [5.74, 6) is -0.363. The molecule has 0 bridgehead atoms. The van der Waals surface area contributed by atoms with Crippen molar-refractivity contribution in [1.29, 1.82) is 0 Å². The zero-order valence-electron chi connectivity index (χ0n) is 10.6. The molecule has 5 nitrogen and oxygen atoms in total. The van der Waals surface area contributed by atoms with Crippen LogP contribution in [0, 0.1) is 0 Å². The van der Waals surface area contributed by atoms with Crippen molar-refractivity contribution in [2.24, 2.45) is 0 Å². The number of thioether (sulfide) groups is 1. The molecule has 1 rings (SSSR count). The minimum atomic E-state index is -1.17. The van der Waals surface area contributed by atoms with E-state index >= 15 is 0 Å². The smallest absolute Gasteiger partial charge is 0.339 e. The molecular formula is C12H15ClN2O3S. The minimum absolute atomic E-state index is 0.0945. The Labute approximate surface area is 120 Å². The maximum Gasteiger partial charge on any atom is 0.339 e. The van der Waals surface area contributed by atoms with Crippen LogP contribution < -0.4 is 5.32 Å². The van der Waals surface area contributed by atoms with Crippen molar-refractivity contribution in [2.75, 3.05) is 30.9 Å². The number of anilines is 1. The van der Waals surface area contributed by atoms with Gasteiger partial charge in [-0.1, -0.05) is 17.7 Å². The topological polar surface area (TPSA) is 69.6 Å². The number of hydrogen-bond donors (Lipinski definition) is 2. The highest BCUT2D eigenvalue weighted by molar-refractivity contribution is 7.98. The molecule has 19 heavy (non-hydrogen) atoms. The number of hydrogen-bond acceptors (Lipinski definition) is 3. The van der Waals surface area contributed by atoms with Gasteiger partial charge in [0.05, 0.1) is 10.7 Å². The van der Waals surface area contributed by atoms with Gasteiger partial charge >= 0.3 is 12.0 Å². The second kappa shape index (κ2) is 7.25. The van der Waals surface area contributed by atoms with Crippen molar-refractivity contribution >= 4 is 41.1 Å². The Hall–Kier alpha value is -1.40. The first kappa shape index (κ1) is 15.7. The Balaban J connectivity index is 2.85. The predicted octanol–water partition coefficient (Wildman–Crippen LogP) is 2.86. The number of amides is 2. The van der Waals surface area contributed by atoms with Crippen LogP contribution in [0.25, 0.3) is 0 Å². The first-order valence-corrected chi connectivity index (χ1v) is 7.27. The maximum absolute atomic E-state index is 11.9. The molecule has 7 heteroatoms. The molecule has 2 amide bonds. The van der Waals surface area contributed by atoms with E-state index in [1.165, 1.54) is 17.0 Å².